The molecule has 20 heavy (non-hydrogen) atoms. The lowest BCUT2D eigenvalue weighted by Crippen LogP contribution is -2.14. The topological polar surface area (TPSA) is 50.9 Å². The molecule has 0 spiro atoms. The van der Waals surface area contributed by atoms with E-state index < -0.39 is 11.9 Å². The monoisotopic (exact) mass is 297 g/mol. The van der Waals surface area contributed by atoms with Gasteiger partial charge in [-0.3, -0.25) is 0 Å². The fourth-order valence-corrected chi connectivity index (χ4v) is 2.16. The molecule has 1 heterocycles. The Morgan fingerprint density at radius 3 is 2.80 bits per heavy atom. The molecule has 4 nitrogen and oxygen atoms in total. The molecule has 0 radical (unpaired) electrons. The van der Waals surface area contributed by atoms with Crippen LogP contribution < -0.4 is 0 Å². The number of rotatable bonds is 5. The van der Waals surface area contributed by atoms with Crippen molar-refractivity contribution >= 4 is 11.6 Å². The fraction of sp³-hybridized carbons (Fsp3) is 0.429. The van der Waals surface area contributed by atoms with Crippen LogP contribution in [0.25, 0.3) is 0 Å². The first-order chi connectivity index (χ1) is 9.47. The third-order valence-electron chi connectivity index (χ3n) is 2.93. The van der Waals surface area contributed by atoms with Crippen LogP contribution in [0.1, 0.15) is 31.3 Å². The van der Waals surface area contributed by atoms with Crippen LogP contribution in [0.2, 0.25) is 5.02 Å². The number of benzene rings is 1. The van der Waals surface area contributed by atoms with Crippen molar-refractivity contribution in [1.29, 1.82) is 0 Å². The summed E-state index contributed by atoms with van der Waals surface area (Å²) in [6.45, 7) is 4.85. The lowest BCUT2D eigenvalue weighted by atomic mass is 10.1. The highest BCUT2D eigenvalue weighted by atomic mass is 35.5. The molecule has 0 saturated heterocycles. The lowest BCUT2D eigenvalue weighted by molar-refractivity contribution is 0.169. The van der Waals surface area contributed by atoms with E-state index in [0.29, 0.717) is 23.3 Å². The molecule has 1 unspecified atom stereocenters. The molecule has 1 aromatic carbocycles. The zero-order valence-electron chi connectivity index (χ0n) is 11.4. The summed E-state index contributed by atoms with van der Waals surface area (Å²) >= 11 is 5.70. The van der Waals surface area contributed by atoms with Gasteiger partial charge in [0.15, 0.2) is 0 Å². The molecular formula is C14H17ClFN3O. The molecule has 0 bridgehead atoms. The van der Waals surface area contributed by atoms with E-state index in [4.69, 9.17) is 11.6 Å². The third-order valence-corrected chi connectivity index (χ3v) is 3.17. The minimum atomic E-state index is -0.970. The van der Waals surface area contributed by atoms with Gasteiger partial charge >= 0.3 is 0 Å². The maximum atomic E-state index is 13.8. The maximum Gasteiger partial charge on any atom is 0.138 e. The predicted molar refractivity (Wildman–Crippen MR) is 74.9 cm³/mol. The van der Waals surface area contributed by atoms with Gasteiger partial charge in [-0.15, -0.1) is 0 Å². The second-order valence-corrected chi connectivity index (χ2v) is 5.57. The minimum Gasteiger partial charge on any atom is -0.388 e. The second-order valence-electron chi connectivity index (χ2n) is 5.14. The molecule has 0 amide bonds. The molecule has 0 aliphatic heterocycles. The largest absolute Gasteiger partial charge is 0.388 e. The summed E-state index contributed by atoms with van der Waals surface area (Å²) in [6.07, 6.45) is 0.691. The van der Waals surface area contributed by atoms with Crippen molar-refractivity contribution in [2.75, 3.05) is 0 Å². The van der Waals surface area contributed by atoms with E-state index >= 15 is 0 Å². The Balaban J connectivity index is 2.15. The minimum absolute atomic E-state index is 0.214. The molecule has 1 atom stereocenters. The highest BCUT2D eigenvalue weighted by Crippen LogP contribution is 2.23. The van der Waals surface area contributed by atoms with Gasteiger partial charge in [-0.2, -0.15) is 5.10 Å². The number of hydrogen-bond donors (Lipinski definition) is 1. The number of halogens is 2. The molecule has 0 aliphatic carbocycles. The smallest absolute Gasteiger partial charge is 0.138 e. The average Bonchev–Trinajstić information content (AvgIpc) is 2.75. The van der Waals surface area contributed by atoms with E-state index in [9.17, 15) is 9.50 Å². The Labute approximate surface area is 122 Å². The molecule has 1 N–H and O–H groups in total. The van der Waals surface area contributed by atoms with Crippen LogP contribution in [0.3, 0.4) is 0 Å². The SMILES string of the molecule is CC(C)Cn1ncnc1CC(O)c1ccc(Cl)cc1F. The zero-order chi connectivity index (χ0) is 14.7. The molecule has 2 rings (SSSR count). The Kier molecular flexibility index (Phi) is 4.73. The Bertz CT molecular complexity index is 586. The van der Waals surface area contributed by atoms with Gasteiger partial charge in [0.05, 0.1) is 6.10 Å². The fourth-order valence-electron chi connectivity index (χ4n) is 2.00. The molecule has 6 heteroatoms. The van der Waals surface area contributed by atoms with Crippen molar-refractivity contribution in [3.8, 4) is 0 Å². The summed E-state index contributed by atoms with van der Waals surface area (Å²) in [5.41, 5.74) is 0.216. The summed E-state index contributed by atoms with van der Waals surface area (Å²) in [7, 11) is 0. The van der Waals surface area contributed by atoms with Crippen molar-refractivity contribution in [2.45, 2.75) is 32.9 Å². The zero-order valence-corrected chi connectivity index (χ0v) is 12.2. The van der Waals surface area contributed by atoms with Gasteiger partial charge < -0.3 is 5.11 Å². The Hall–Kier alpha value is -1.46. The summed E-state index contributed by atoms with van der Waals surface area (Å²) in [4.78, 5) is 4.13. The molecular weight excluding hydrogens is 281 g/mol. The summed E-state index contributed by atoms with van der Waals surface area (Å²) in [5.74, 6) is 0.542. The normalized spacial score (nSPS) is 12.9. The maximum absolute atomic E-state index is 13.8. The summed E-state index contributed by atoms with van der Waals surface area (Å²) in [6, 6.07) is 4.24. The first kappa shape index (κ1) is 14.9. The molecule has 2 aromatic rings. The number of nitrogens with zero attached hydrogens (tertiary/aromatic N) is 3. The standard InChI is InChI=1S/C14H17ClFN3O/c1-9(2)7-19-14(17-8-18-19)6-13(20)11-4-3-10(15)5-12(11)16/h3-5,8-9,13,20H,6-7H2,1-2H3. The molecule has 1 aromatic heterocycles. The molecule has 0 saturated carbocycles. The van der Waals surface area contributed by atoms with Crippen molar-refractivity contribution in [2.24, 2.45) is 5.92 Å². The van der Waals surface area contributed by atoms with Gasteiger partial charge in [0, 0.05) is 23.6 Å². The van der Waals surface area contributed by atoms with E-state index in [2.05, 4.69) is 23.9 Å². The average molecular weight is 298 g/mol. The number of aromatic nitrogens is 3. The van der Waals surface area contributed by atoms with Crippen molar-refractivity contribution in [3.05, 3.63) is 46.8 Å². The quantitative estimate of drug-likeness (QED) is 0.923. The van der Waals surface area contributed by atoms with E-state index in [0.717, 1.165) is 0 Å². The van der Waals surface area contributed by atoms with Crippen LogP contribution in [0, 0.1) is 11.7 Å². The van der Waals surface area contributed by atoms with E-state index in [-0.39, 0.29) is 12.0 Å². The van der Waals surface area contributed by atoms with Crippen LogP contribution in [-0.2, 0) is 13.0 Å². The lowest BCUT2D eigenvalue weighted by Gasteiger charge is -2.13. The first-order valence-electron chi connectivity index (χ1n) is 6.47. The second kappa shape index (κ2) is 6.33. The number of aliphatic hydroxyl groups is 1. The van der Waals surface area contributed by atoms with Crippen LogP contribution in [0.5, 0.6) is 0 Å². The van der Waals surface area contributed by atoms with Crippen molar-refractivity contribution in [3.63, 3.8) is 0 Å². The van der Waals surface area contributed by atoms with Crippen molar-refractivity contribution in [1.82, 2.24) is 14.8 Å². The van der Waals surface area contributed by atoms with Gasteiger partial charge in [0.1, 0.15) is 18.0 Å². The highest BCUT2D eigenvalue weighted by Gasteiger charge is 2.17. The van der Waals surface area contributed by atoms with Crippen molar-refractivity contribution < 1.29 is 9.50 Å². The van der Waals surface area contributed by atoms with Gasteiger partial charge in [-0.05, 0) is 18.1 Å². The van der Waals surface area contributed by atoms with Gasteiger partial charge in [0.25, 0.3) is 0 Å². The van der Waals surface area contributed by atoms with E-state index in [1.807, 2.05) is 0 Å². The van der Waals surface area contributed by atoms with Crippen LogP contribution >= 0.6 is 11.6 Å². The van der Waals surface area contributed by atoms with Gasteiger partial charge in [-0.1, -0.05) is 31.5 Å². The Morgan fingerprint density at radius 1 is 1.40 bits per heavy atom. The third kappa shape index (κ3) is 3.55. The van der Waals surface area contributed by atoms with Crippen LogP contribution in [-0.4, -0.2) is 19.9 Å². The van der Waals surface area contributed by atoms with E-state index in [1.165, 1.54) is 18.5 Å². The molecule has 0 aliphatic rings. The molecule has 0 fully saturated rings. The van der Waals surface area contributed by atoms with Crippen LogP contribution in [0.15, 0.2) is 24.5 Å². The van der Waals surface area contributed by atoms with Crippen LogP contribution in [0.4, 0.5) is 4.39 Å². The Morgan fingerprint density at radius 2 is 2.15 bits per heavy atom. The number of aliphatic hydroxyl groups excluding tert-OH is 1. The first-order valence-corrected chi connectivity index (χ1v) is 6.85. The molecule has 108 valence electrons. The van der Waals surface area contributed by atoms with Gasteiger partial charge in [-0.25, -0.2) is 14.1 Å². The summed E-state index contributed by atoms with van der Waals surface area (Å²) < 4.78 is 15.5. The highest BCUT2D eigenvalue weighted by molar-refractivity contribution is 6.30. The van der Waals surface area contributed by atoms with E-state index in [1.54, 1.807) is 10.7 Å². The summed E-state index contributed by atoms with van der Waals surface area (Å²) in [5, 5.41) is 14.6. The number of hydrogen-bond acceptors (Lipinski definition) is 3. The predicted octanol–water partition coefficient (Wildman–Crippen LogP) is 3.00. The van der Waals surface area contributed by atoms with Gasteiger partial charge in [0.2, 0.25) is 0 Å².